The first kappa shape index (κ1) is 12.5. The van der Waals surface area contributed by atoms with Gasteiger partial charge in [0.25, 0.3) is 0 Å². The number of Topliss-reactive ketones (excluding diaryl/α,β-unsaturated/α-hetero) is 1. The van der Waals surface area contributed by atoms with E-state index in [1.165, 1.54) is 35.9 Å². The molecule has 0 spiro atoms. The summed E-state index contributed by atoms with van der Waals surface area (Å²) in [7, 11) is 0. The van der Waals surface area contributed by atoms with Crippen molar-refractivity contribution in [2.45, 2.75) is 45.6 Å². The molecule has 0 unspecified atom stereocenters. The SMILES string of the molecule is Cc1cc2ccccc2n1CC(=O)C1CCCCC1. The lowest BCUT2D eigenvalue weighted by Gasteiger charge is -2.21. The summed E-state index contributed by atoms with van der Waals surface area (Å²) in [5, 5.41) is 1.23. The Morgan fingerprint density at radius 1 is 1.21 bits per heavy atom. The van der Waals surface area contributed by atoms with Crippen LogP contribution in [0.4, 0.5) is 0 Å². The van der Waals surface area contributed by atoms with Crippen LogP contribution in [0.25, 0.3) is 10.9 Å². The van der Waals surface area contributed by atoms with Crippen molar-refractivity contribution in [3.8, 4) is 0 Å². The number of carbonyl (C=O) groups excluding carboxylic acids is 1. The molecule has 1 heterocycles. The molecule has 0 amide bonds. The monoisotopic (exact) mass is 255 g/mol. The molecule has 1 aliphatic carbocycles. The molecule has 0 aliphatic heterocycles. The Balaban J connectivity index is 1.84. The Labute approximate surface area is 114 Å². The van der Waals surface area contributed by atoms with E-state index in [0.717, 1.165) is 12.8 Å². The first-order valence-corrected chi connectivity index (χ1v) is 7.33. The third-order valence-corrected chi connectivity index (χ3v) is 4.39. The van der Waals surface area contributed by atoms with Crippen molar-refractivity contribution in [3.63, 3.8) is 0 Å². The largest absolute Gasteiger partial charge is 0.337 e. The zero-order chi connectivity index (χ0) is 13.2. The highest BCUT2D eigenvalue weighted by Gasteiger charge is 2.21. The molecule has 1 fully saturated rings. The summed E-state index contributed by atoms with van der Waals surface area (Å²) in [5.41, 5.74) is 2.37. The maximum Gasteiger partial charge on any atom is 0.155 e. The molecule has 1 aromatic heterocycles. The normalized spacial score (nSPS) is 16.9. The van der Waals surface area contributed by atoms with Gasteiger partial charge in [-0.2, -0.15) is 0 Å². The number of rotatable bonds is 3. The number of fused-ring (bicyclic) bond motifs is 1. The molecule has 100 valence electrons. The lowest BCUT2D eigenvalue weighted by Crippen LogP contribution is -2.22. The zero-order valence-electron chi connectivity index (χ0n) is 11.6. The van der Waals surface area contributed by atoms with Gasteiger partial charge in [0.05, 0.1) is 6.54 Å². The fourth-order valence-electron chi connectivity index (χ4n) is 3.27. The summed E-state index contributed by atoms with van der Waals surface area (Å²) in [6.07, 6.45) is 5.94. The van der Waals surface area contributed by atoms with E-state index in [1.54, 1.807) is 0 Å². The van der Waals surface area contributed by atoms with Gasteiger partial charge >= 0.3 is 0 Å². The molecule has 2 heteroatoms. The smallest absolute Gasteiger partial charge is 0.155 e. The minimum atomic E-state index is 0.300. The molecule has 1 saturated carbocycles. The van der Waals surface area contributed by atoms with Crippen LogP contribution in [0.2, 0.25) is 0 Å². The molecule has 0 bridgehead atoms. The Bertz CT molecular complexity index is 590. The number of aryl methyl sites for hydroxylation is 1. The summed E-state index contributed by atoms with van der Waals surface area (Å²) in [6, 6.07) is 10.5. The van der Waals surface area contributed by atoms with E-state index >= 15 is 0 Å². The molecule has 0 radical (unpaired) electrons. The van der Waals surface area contributed by atoms with Gasteiger partial charge in [0.15, 0.2) is 5.78 Å². The number of aromatic nitrogens is 1. The number of para-hydroxylation sites is 1. The van der Waals surface area contributed by atoms with Gasteiger partial charge in [0, 0.05) is 17.1 Å². The predicted molar refractivity (Wildman–Crippen MR) is 78.3 cm³/mol. The maximum atomic E-state index is 12.4. The topological polar surface area (TPSA) is 22.0 Å². The molecular weight excluding hydrogens is 234 g/mol. The number of hydrogen-bond acceptors (Lipinski definition) is 1. The third-order valence-electron chi connectivity index (χ3n) is 4.39. The Hall–Kier alpha value is -1.57. The molecule has 0 atom stereocenters. The Morgan fingerprint density at radius 2 is 1.95 bits per heavy atom. The van der Waals surface area contributed by atoms with Crippen LogP contribution in [0.15, 0.2) is 30.3 Å². The van der Waals surface area contributed by atoms with Crippen molar-refractivity contribution in [3.05, 3.63) is 36.0 Å². The van der Waals surface area contributed by atoms with Crippen LogP contribution >= 0.6 is 0 Å². The fourth-order valence-corrected chi connectivity index (χ4v) is 3.27. The lowest BCUT2D eigenvalue weighted by atomic mass is 9.86. The van der Waals surface area contributed by atoms with Gasteiger partial charge in [-0.3, -0.25) is 4.79 Å². The average molecular weight is 255 g/mol. The molecular formula is C17H21NO. The van der Waals surface area contributed by atoms with Crippen molar-refractivity contribution in [2.75, 3.05) is 0 Å². The number of nitrogens with zero attached hydrogens (tertiary/aromatic N) is 1. The van der Waals surface area contributed by atoms with Crippen LogP contribution < -0.4 is 0 Å². The van der Waals surface area contributed by atoms with Gasteiger partial charge in [-0.15, -0.1) is 0 Å². The Kier molecular flexibility index (Phi) is 3.41. The number of benzene rings is 1. The van der Waals surface area contributed by atoms with Crippen molar-refractivity contribution in [1.82, 2.24) is 4.57 Å². The predicted octanol–water partition coefficient (Wildman–Crippen LogP) is 4.10. The van der Waals surface area contributed by atoms with Gasteiger partial charge < -0.3 is 4.57 Å². The Morgan fingerprint density at radius 3 is 2.74 bits per heavy atom. The summed E-state index contributed by atoms with van der Waals surface area (Å²) in [5.74, 6) is 0.721. The molecule has 1 aromatic carbocycles. The van der Waals surface area contributed by atoms with E-state index in [9.17, 15) is 4.79 Å². The van der Waals surface area contributed by atoms with Crippen molar-refractivity contribution >= 4 is 16.7 Å². The van der Waals surface area contributed by atoms with E-state index in [2.05, 4.69) is 35.8 Å². The summed E-state index contributed by atoms with van der Waals surface area (Å²) >= 11 is 0. The number of carbonyl (C=O) groups is 1. The van der Waals surface area contributed by atoms with Crippen molar-refractivity contribution in [1.29, 1.82) is 0 Å². The molecule has 1 aliphatic rings. The number of hydrogen-bond donors (Lipinski definition) is 0. The minimum absolute atomic E-state index is 0.300. The molecule has 0 saturated heterocycles. The van der Waals surface area contributed by atoms with Gasteiger partial charge in [0.2, 0.25) is 0 Å². The second-order valence-corrected chi connectivity index (χ2v) is 5.73. The second kappa shape index (κ2) is 5.20. The van der Waals surface area contributed by atoms with E-state index in [0.29, 0.717) is 18.2 Å². The highest BCUT2D eigenvalue weighted by atomic mass is 16.1. The van der Waals surface area contributed by atoms with E-state index < -0.39 is 0 Å². The van der Waals surface area contributed by atoms with Crippen LogP contribution in [0.1, 0.15) is 37.8 Å². The lowest BCUT2D eigenvalue weighted by molar-refractivity contribution is -0.124. The van der Waals surface area contributed by atoms with Gasteiger partial charge in [-0.05, 0) is 37.3 Å². The van der Waals surface area contributed by atoms with Crippen LogP contribution in [-0.4, -0.2) is 10.4 Å². The first-order chi connectivity index (χ1) is 9.25. The molecule has 2 nitrogen and oxygen atoms in total. The van der Waals surface area contributed by atoms with Crippen LogP contribution in [0.5, 0.6) is 0 Å². The quantitative estimate of drug-likeness (QED) is 0.809. The van der Waals surface area contributed by atoms with Crippen molar-refractivity contribution < 1.29 is 4.79 Å². The van der Waals surface area contributed by atoms with E-state index in [1.807, 2.05) is 6.07 Å². The summed E-state index contributed by atoms with van der Waals surface area (Å²) < 4.78 is 2.17. The van der Waals surface area contributed by atoms with Crippen molar-refractivity contribution in [2.24, 2.45) is 5.92 Å². The molecule has 19 heavy (non-hydrogen) atoms. The van der Waals surface area contributed by atoms with E-state index in [-0.39, 0.29) is 0 Å². The standard InChI is InChI=1S/C17H21NO/c1-13-11-15-9-5-6-10-16(15)18(13)12-17(19)14-7-3-2-4-8-14/h5-6,9-11,14H,2-4,7-8,12H2,1H3. The highest BCUT2D eigenvalue weighted by Crippen LogP contribution is 2.26. The number of ketones is 1. The van der Waals surface area contributed by atoms with Gasteiger partial charge in [-0.25, -0.2) is 0 Å². The molecule has 2 aromatic rings. The summed E-state index contributed by atoms with van der Waals surface area (Å²) in [4.78, 5) is 12.4. The maximum absolute atomic E-state index is 12.4. The molecule has 3 rings (SSSR count). The third kappa shape index (κ3) is 2.44. The second-order valence-electron chi connectivity index (χ2n) is 5.73. The van der Waals surface area contributed by atoms with Gasteiger partial charge in [0.1, 0.15) is 0 Å². The van der Waals surface area contributed by atoms with Gasteiger partial charge in [-0.1, -0.05) is 37.5 Å². The average Bonchev–Trinajstić information content (AvgIpc) is 2.76. The van der Waals surface area contributed by atoms with E-state index in [4.69, 9.17) is 0 Å². The zero-order valence-corrected chi connectivity index (χ0v) is 11.6. The highest BCUT2D eigenvalue weighted by molar-refractivity contribution is 5.86. The first-order valence-electron chi connectivity index (χ1n) is 7.33. The molecule has 0 N–H and O–H groups in total. The fraction of sp³-hybridized carbons (Fsp3) is 0.471. The van der Waals surface area contributed by atoms with Crippen LogP contribution in [0, 0.1) is 12.8 Å². The van der Waals surface area contributed by atoms with Crippen LogP contribution in [0.3, 0.4) is 0 Å². The minimum Gasteiger partial charge on any atom is -0.337 e. The van der Waals surface area contributed by atoms with Crippen LogP contribution in [-0.2, 0) is 11.3 Å². The summed E-state index contributed by atoms with van der Waals surface area (Å²) in [6.45, 7) is 2.64.